The molecule has 3 nitrogen and oxygen atoms in total. The number of hydrogen-bond acceptors (Lipinski definition) is 3. The zero-order valence-electron chi connectivity index (χ0n) is 11.6. The van der Waals surface area contributed by atoms with Gasteiger partial charge in [0.25, 0.3) is 0 Å². The van der Waals surface area contributed by atoms with Crippen LogP contribution in [-0.2, 0) is 4.74 Å². The molecule has 3 heteroatoms. The number of ether oxygens (including phenoxy) is 1. The Hall–Kier alpha value is -0.120. The van der Waals surface area contributed by atoms with Crippen LogP contribution in [-0.4, -0.2) is 48.8 Å². The summed E-state index contributed by atoms with van der Waals surface area (Å²) >= 11 is 0. The van der Waals surface area contributed by atoms with Gasteiger partial charge in [0, 0.05) is 31.3 Å². The number of likely N-dealkylation sites (tertiary alicyclic amines) is 1. The standard InChI is InChI=1S/C14H28N2O/c1-11(2)15-13-6-4-8-16(10-13)12(3)14-7-5-9-17-14/h11-15H,4-10H2,1-3H3. The van der Waals surface area contributed by atoms with Crippen molar-refractivity contribution in [3.05, 3.63) is 0 Å². The Kier molecular flexibility index (Phi) is 4.83. The Labute approximate surface area is 106 Å². The van der Waals surface area contributed by atoms with E-state index in [0.717, 1.165) is 6.61 Å². The molecule has 0 aromatic carbocycles. The van der Waals surface area contributed by atoms with Crippen LogP contribution in [0.15, 0.2) is 0 Å². The maximum Gasteiger partial charge on any atom is 0.0728 e. The van der Waals surface area contributed by atoms with Crippen molar-refractivity contribution in [2.75, 3.05) is 19.7 Å². The molecule has 0 radical (unpaired) electrons. The van der Waals surface area contributed by atoms with E-state index in [1.807, 2.05) is 0 Å². The predicted molar refractivity (Wildman–Crippen MR) is 71.3 cm³/mol. The quantitative estimate of drug-likeness (QED) is 0.813. The normalized spacial score (nSPS) is 33.2. The molecule has 1 N–H and O–H groups in total. The first-order valence-electron chi connectivity index (χ1n) is 7.28. The first kappa shape index (κ1) is 13.3. The Balaban J connectivity index is 1.83. The van der Waals surface area contributed by atoms with Gasteiger partial charge in [0.1, 0.15) is 0 Å². The summed E-state index contributed by atoms with van der Waals surface area (Å²) in [4.78, 5) is 2.62. The van der Waals surface area contributed by atoms with Crippen LogP contribution in [0.3, 0.4) is 0 Å². The van der Waals surface area contributed by atoms with Crippen molar-refractivity contribution in [2.45, 2.75) is 70.7 Å². The highest BCUT2D eigenvalue weighted by Gasteiger charge is 2.30. The van der Waals surface area contributed by atoms with Gasteiger partial charge in [0.2, 0.25) is 0 Å². The van der Waals surface area contributed by atoms with E-state index < -0.39 is 0 Å². The minimum Gasteiger partial charge on any atom is -0.377 e. The molecular weight excluding hydrogens is 212 g/mol. The van der Waals surface area contributed by atoms with Gasteiger partial charge in [-0.2, -0.15) is 0 Å². The molecule has 2 saturated heterocycles. The molecule has 0 spiro atoms. The summed E-state index contributed by atoms with van der Waals surface area (Å²) in [6.07, 6.45) is 5.62. The lowest BCUT2D eigenvalue weighted by Crippen LogP contribution is -2.53. The first-order chi connectivity index (χ1) is 8.16. The average Bonchev–Trinajstić information content (AvgIpc) is 2.81. The largest absolute Gasteiger partial charge is 0.377 e. The maximum atomic E-state index is 5.82. The molecule has 0 aromatic rings. The number of nitrogens with zero attached hydrogens (tertiary/aromatic N) is 1. The summed E-state index contributed by atoms with van der Waals surface area (Å²) in [5.74, 6) is 0. The molecule has 2 fully saturated rings. The van der Waals surface area contributed by atoms with E-state index in [0.29, 0.717) is 24.2 Å². The van der Waals surface area contributed by atoms with Gasteiger partial charge in [0.05, 0.1) is 6.10 Å². The first-order valence-corrected chi connectivity index (χ1v) is 7.28. The van der Waals surface area contributed by atoms with Crippen molar-refractivity contribution in [3.63, 3.8) is 0 Å². The lowest BCUT2D eigenvalue weighted by atomic mass is 10.0. The number of rotatable bonds is 4. The third-order valence-electron chi connectivity index (χ3n) is 4.10. The van der Waals surface area contributed by atoms with E-state index in [1.165, 1.54) is 38.8 Å². The van der Waals surface area contributed by atoms with Crippen molar-refractivity contribution in [1.29, 1.82) is 0 Å². The molecule has 17 heavy (non-hydrogen) atoms. The van der Waals surface area contributed by atoms with Gasteiger partial charge in [-0.25, -0.2) is 0 Å². The van der Waals surface area contributed by atoms with Gasteiger partial charge in [-0.05, 0) is 39.2 Å². The molecule has 0 aromatic heterocycles. The summed E-state index contributed by atoms with van der Waals surface area (Å²) in [6, 6.07) is 1.86. The van der Waals surface area contributed by atoms with Crippen molar-refractivity contribution in [1.82, 2.24) is 10.2 Å². The van der Waals surface area contributed by atoms with Gasteiger partial charge < -0.3 is 10.1 Å². The molecule has 0 amide bonds. The van der Waals surface area contributed by atoms with Crippen molar-refractivity contribution in [2.24, 2.45) is 0 Å². The third kappa shape index (κ3) is 3.67. The second kappa shape index (κ2) is 6.17. The third-order valence-corrected chi connectivity index (χ3v) is 4.10. The highest BCUT2D eigenvalue weighted by Crippen LogP contribution is 2.22. The Bertz CT molecular complexity index is 226. The van der Waals surface area contributed by atoms with Crippen molar-refractivity contribution < 1.29 is 4.74 Å². The van der Waals surface area contributed by atoms with Crippen LogP contribution in [0.25, 0.3) is 0 Å². The van der Waals surface area contributed by atoms with Gasteiger partial charge in [-0.15, -0.1) is 0 Å². The summed E-state index contributed by atoms with van der Waals surface area (Å²) in [5.41, 5.74) is 0. The molecule has 0 aliphatic carbocycles. The smallest absolute Gasteiger partial charge is 0.0728 e. The second-order valence-corrected chi connectivity index (χ2v) is 5.95. The zero-order valence-corrected chi connectivity index (χ0v) is 11.6. The van der Waals surface area contributed by atoms with E-state index in [9.17, 15) is 0 Å². The maximum absolute atomic E-state index is 5.82. The minimum absolute atomic E-state index is 0.479. The summed E-state index contributed by atoms with van der Waals surface area (Å²) < 4.78 is 5.82. The van der Waals surface area contributed by atoms with Gasteiger partial charge in [-0.1, -0.05) is 13.8 Å². The lowest BCUT2D eigenvalue weighted by molar-refractivity contribution is 0.0177. The molecule has 3 atom stereocenters. The van der Waals surface area contributed by atoms with Crippen LogP contribution in [0, 0.1) is 0 Å². The molecule has 2 aliphatic rings. The van der Waals surface area contributed by atoms with Crippen molar-refractivity contribution >= 4 is 0 Å². The predicted octanol–water partition coefficient (Wildman–Crippen LogP) is 2.02. The number of nitrogens with one attached hydrogen (secondary N) is 1. The van der Waals surface area contributed by atoms with Gasteiger partial charge in [-0.3, -0.25) is 4.90 Å². The summed E-state index contributed by atoms with van der Waals surface area (Å²) in [6.45, 7) is 10.2. The SMILES string of the molecule is CC(C)NC1CCCN(C(C)C2CCCO2)C1. The fourth-order valence-electron chi connectivity index (χ4n) is 3.20. The van der Waals surface area contributed by atoms with E-state index >= 15 is 0 Å². The number of piperidine rings is 1. The van der Waals surface area contributed by atoms with Crippen LogP contribution >= 0.6 is 0 Å². The van der Waals surface area contributed by atoms with E-state index in [4.69, 9.17) is 4.74 Å². The molecule has 2 aliphatic heterocycles. The van der Waals surface area contributed by atoms with E-state index in [2.05, 4.69) is 31.0 Å². The van der Waals surface area contributed by atoms with Gasteiger partial charge >= 0.3 is 0 Å². The van der Waals surface area contributed by atoms with Crippen LogP contribution in [0.2, 0.25) is 0 Å². The second-order valence-electron chi connectivity index (χ2n) is 5.95. The Morgan fingerprint density at radius 3 is 2.65 bits per heavy atom. The fraction of sp³-hybridized carbons (Fsp3) is 1.00. The monoisotopic (exact) mass is 240 g/mol. The minimum atomic E-state index is 0.479. The van der Waals surface area contributed by atoms with Crippen LogP contribution < -0.4 is 5.32 Å². The van der Waals surface area contributed by atoms with E-state index in [1.54, 1.807) is 0 Å². The average molecular weight is 240 g/mol. The molecule has 2 rings (SSSR count). The van der Waals surface area contributed by atoms with Crippen LogP contribution in [0.1, 0.15) is 46.5 Å². The highest BCUT2D eigenvalue weighted by molar-refractivity contribution is 4.86. The Morgan fingerprint density at radius 1 is 1.18 bits per heavy atom. The van der Waals surface area contributed by atoms with Crippen molar-refractivity contribution in [3.8, 4) is 0 Å². The molecule has 3 unspecified atom stereocenters. The van der Waals surface area contributed by atoms with Crippen LogP contribution in [0.5, 0.6) is 0 Å². The summed E-state index contributed by atoms with van der Waals surface area (Å²) in [5, 5.41) is 3.67. The lowest BCUT2D eigenvalue weighted by Gasteiger charge is -2.39. The summed E-state index contributed by atoms with van der Waals surface area (Å²) in [7, 11) is 0. The van der Waals surface area contributed by atoms with Crippen LogP contribution in [0.4, 0.5) is 0 Å². The molecule has 100 valence electrons. The Morgan fingerprint density at radius 2 is 2.00 bits per heavy atom. The highest BCUT2D eigenvalue weighted by atomic mass is 16.5. The molecule has 2 heterocycles. The van der Waals surface area contributed by atoms with E-state index in [-0.39, 0.29) is 0 Å². The molecular formula is C14H28N2O. The zero-order chi connectivity index (χ0) is 12.3. The number of hydrogen-bond donors (Lipinski definition) is 1. The fourth-order valence-corrected chi connectivity index (χ4v) is 3.20. The van der Waals surface area contributed by atoms with Gasteiger partial charge in [0.15, 0.2) is 0 Å². The topological polar surface area (TPSA) is 24.5 Å². The molecule has 0 saturated carbocycles. The molecule has 0 bridgehead atoms.